The van der Waals surface area contributed by atoms with Crippen molar-refractivity contribution in [3.8, 4) is 0 Å². The van der Waals surface area contributed by atoms with Crippen molar-refractivity contribution in [2.24, 2.45) is 0 Å². The fourth-order valence-electron chi connectivity index (χ4n) is 2.50. The second-order valence-electron chi connectivity index (χ2n) is 5.03. The molecule has 1 aromatic heterocycles. The van der Waals surface area contributed by atoms with Crippen LogP contribution in [0.15, 0.2) is 57.8 Å². The Morgan fingerprint density at radius 2 is 1.76 bits per heavy atom. The summed E-state index contributed by atoms with van der Waals surface area (Å²) in [7, 11) is 0. The summed E-state index contributed by atoms with van der Waals surface area (Å²) in [4.78, 5) is 12.6. The van der Waals surface area contributed by atoms with Crippen LogP contribution in [0.4, 0.5) is 0 Å². The predicted molar refractivity (Wildman–Crippen MR) is 87.1 cm³/mol. The number of rotatable bonds is 2. The summed E-state index contributed by atoms with van der Waals surface area (Å²) in [5.41, 5.74) is 2.77. The quantitative estimate of drug-likeness (QED) is 0.717. The number of aromatic nitrogens is 1. The first-order chi connectivity index (χ1) is 10.1. The maximum absolute atomic E-state index is 12.6. The molecule has 3 aromatic rings. The van der Waals surface area contributed by atoms with Gasteiger partial charge in [-0.05, 0) is 36.8 Å². The molecule has 0 spiro atoms. The highest BCUT2D eigenvalue weighted by Crippen LogP contribution is 2.18. The average molecular weight is 344 g/mol. The number of hydrogen-bond donors (Lipinski definition) is 1. The van der Waals surface area contributed by atoms with Gasteiger partial charge in [0.1, 0.15) is 0 Å². The normalized spacial score (nSPS) is 11.0. The Morgan fingerprint density at radius 3 is 2.48 bits per heavy atom. The van der Waals surface area contributed by atoms with E-state index >= 15 is 0 Å². The van der Waals surface area contributed by atoms with Crippen LogP contribution in [0.1, 0.15) is 16.8 Å². The molecule has 3 rings (SSSR count). The number of hydrogen-bond acceptors (Lipinski definition) is 2. The second kappa shape index (κ2) is 5.37. The van der Waals surface area contributed by atoms with Crippen molar-refractivity contribution in [3.05, 3.63) is 80.0 Å². The molecule has 0 radical (unpaired) electrons. The smallest absolute Gasteiger partial charge is 0.193 e. The van der Waals surface area contributed by atoms with Crippen LogP contribution in [0, 0.1) is 6.92 Å². The Morgan fingerprint density at radius 1 is 1.10 bits per heavy atom. The molecule has 1 heterocycles. The molecule has 21 heavy (non-hydrogen) atoms. The van der Waals surface area contributed by atoms with Crippen molar-refractivity contribution >= 4 is 26.8 Å². The van der Waals surface area contributed by atoms with Crippen molar-refractivity contribution < 1.29 is 5.21 Å². The van der Waals surface area contributed by atoms with Crippen molar-refractivity contribution in [3.63, 3.8) is 0 Å². The maximum Gasteiger partial charge on any atom is 0.193 e. The Balaban J connectivity index is 2.18. The van der Waals surface area contributed by atoms with Crippen LogP contribution in [-0.4, -0.2) is 9.94 Å². The number of para-hydroxylation sites is 1. The van der Waals surface area contributed by atoms with Gasteiger partial charge in [-0.15, -0.1) is 0 Å². The Kier molecular flexibility index (Phi) is 3.55. The van der Waals surface area contributed by atoms with E-state index < -0.39 is 0 Å². The Hall–Kier alpha value is -2.07. The fourth-order valence-corrected chi connectivity index (χ4v) is 2.76. The van der Waals surface area contributed by atoms with Gasteiger partial charge in [0.25, 0.3) is 0 Å². The van der Waals surface area contributed by atoms with Crippen LogP contribution < -0.4 is 5.43 Å². The maximum atomic E-state index is 12.6. The fraction of sp³-hybridized carbons (Fsp3) is 0.118. The Bertz CT molecular complexity index is 866. The molecule has 0 aliphatic carbocycles. The van der Waals surface area contributed by atoms with E-state index in [1.54, 1.807) is 19.1 Å². The zero-order chi connectivity index (χ0) is 15.0. The topological polar surface area (TPSA) is 42.2 Å². The van der Waals surface area contributed by atoms with Crippen molar-refractivity contribution in [1.82, 2.24) is 4.73 Å². The van der Waals surface area contributed by atoms with Crippen molar-refractivity contribution in [1.29, 1.82) is 0 Å². The largest absolute Gasteiger partial charge is 0.428 e. The number of halogens is 1. The SMILES string of the molecule is Cc1c(Cc2ccc(Br)cc2)c(=O)c2ccccc2n1O. The van der Waals surface area contributed by atoms with Gasteiger partial charge in [-0.1, -0.05) is 40.2 Å². The first kappa shape index (κ1) is 13.9. The number of pyridine rings is 1. The minimum absolute atomic E-state index is 0.0173. The summed E-state index contributed by atoms with van der Waals surface area (Å²) in [5.74, 6) is 0. The molecule has 4 heteroatoms. The lowest BCUT2D eigenvalue weighted by molar-refractivity contribution is 0.190. The van der Waals surface area contributed by atoms with Gasteiger partial charge in [0.2, 0.25) is 0 Å². The molecule has 0 unspecified atom stereocenters. The van der Waals surface area contributed by atoms with E-state index in [1.807, 2.05) is 36.4 Å². The van der Waals surface area contributed by atoms with Crippen LogP contribution in [0.5, 0.6) is 0 Å². The van der Waals surface area contributed by atoms with Crippen LogP contribution in [0.2, 0.25) is 0 Å². The molecule has 0 saturated carbocycles. The first-order valence-electron chi connectivity index (χ1n) is 6.65. The number of benzene rings is 2. The molecule has 0 aliphatic rings. The second-order valence-corrected chi connectivity index (χ2v) is 5.94. The highest BCUT2D eigenvalue weighted by atomic mass is 79.9. The van der Waals surface area contributed by atoms with Gasteiger partial charge in [-0.2, -0.15) is 4.73 Å². The van der Waals surface area contributed by atoms with E-state index in [1.165, 1.54) is 0 Å². The lowest BCUT2D eigenvalue weighted by Gasteiger charge is -2.12. The number of nitrogens with zero attached hydrogens (tertiary/aromatic N) is 1. The van der Waals surface area contributed by atoms with Crippen LogP contribution >= 0.6 is 15.9 Å². The van der Waals surface area contributed by atoms with Gasteiger partial charge in [0.05, 0.1) is 11.2 Å². The zero-order valence-corrected chi connectivity index (χ0v) is 13.1. The molecular formula is C17H14BrNO2. The molecule has 2 aromatic carbocycles. The monoisotopic (exact) mass is 343 g/mol. The van der Waals surface area contributed by atoms with E-state index in [2.05, 4.69) is 15.9 Å². The standard InChI is InChI=1S/C17H14BrNO2/c1-11-15(10-12-6-8-13(18)9-7-12)17(20)14-4-2-3-5-16(14)19(11)21/h2-9,21H,10H2,1H3. The van der Waals surface area contributed by atoms with Crippen LogP contribution in [0.25, 0.3) is 10.9 Å². The molecular weight excluding hydrogens is 330 g/mol. The first-order valence-corrected chi connectivity index (χ1v) is 7.44. The summed E-state index contributed by atoms with van der Waals surface area (Å²) in [6, 6.07) is 14.9. The molecule has 1 N–H and O–H groups in total. The van der Waals surface area contributed by atoms with E-state index in [-0.39, 0.29) is 5.43 Å². The third kappa shape index (κ3) is 2.47. The highest BCUT2D eigenvalue weighted by molar-refractivity contribution is 9.10. The molecule has 3 nitrogen and oxygen atoms in total. The molecule has 0 saturated heterocycles. The summed E-state index contributed by atoms with van der Waals surface area (Å²) >= 11 is 3.40. The van der Waals surface area contributed by atoms with E-state index in [4.69, 9.17) is 0 Å². The molecule has 0 atom stereocenters. The van der Waals surface area contributed by atoms with Crippen molar-refractivity contribution in [2.75, 3.05) is 0 Å². The summed E-state index contributed by atoms with van der Waals surface area (Å²) < 4.78 is 2.10. The van der Waals surface area contributed by atoms with Gasteiger partial charge < -0.3 is 5.21 Å². The zero-order valence-electron chi connectivity index (χ0n) is 11.5. The van der Waals surface area contributed by atoms with Gasteiger partial charge in [-0.3, -0.25) is 4.79 Å². The Labute approximate surface area is 130 Å². The molecule has 0 aliphatic heterocycles. The van der Waals surface area contributed by atoms with E-state index in [0.717, 1.165) is 14.8 Å². The minimum atomic E-state index is -0.0173. The lowest BCUT2D eigenvalue weighted by atomic mass is 10.0. The van der Waals surface area contributed by atoms with Crippen LogP contribution in [-0.2, 0) is 6.42 Å². The molecule has 0 bridgehead atoms. The number of fused-ring (bicyclic) bond motifs is 1. The summed E-state index contributed by atoms with van der Waals surface area (Å²) in [6.07, 6.45) is 0.503. The van der Waals surface area contributed by atoms with E-state index in [0.29, 0.717) is 28.6 Å². The third-order valence-electron chi connectivity index (χ3n) is 3.70. The highest BCUT2D eigenvalue weighted by Gasteiger charge is 2.13. The third-order valence-corrected chi connectivity index (χ3v) is 4.23. The van der Waals surface area contributed by atoms with Gasteiger partial charge in [0, 0.05) is 21.8 Å². The predicted octanol–water partition coefficient (Wildman–Crippen LogP) is 3.90. The summed E-state index contributed by atoms with van der Waals surface area (Å²) in [6.45, 7) is 1.77. The minimum Gasteiger partial charge on any atom is -0.428 e. The van der Waals surface area contributed by atoms with E-state index in [9.17, 15) is 10.0 Å². The van der Waals surface area contributed by atoms with Crippen LogP contribution in [0.3, 0.4) is 0 Å². The summed E-state index contributed by atoms with van der Waals surface area (Å²) in [5, 5.41) is 10.8. The lowest BCUT2D eigenvalue weighted by Crippen LogP contribution is -2.18. The average Bonchev–Trinajstić information content (AvgIpc) is 2.51. The van der Waals surface area contributed by atoms with Gasteiger partial charge >= 0.3 is 0 Å². The van der Waals surface area contributed by atoms with Gasteiger partial charge in [-0.25, -0.2) is 0 Å². The molecule has 0 amide bonds. The molecule has 106 valence electrons. The molecule has 0 fully saturated rings. The van der Waals surface area contributed by atoms with Gasteiger partial charge in [0.15, 0.2) is 5.43 Å². The van der Waals surface area contributed by atoms with Crippen molar-refractivity contribution in [2.45, 2.75) is 13.3 Å².